The maximum absolute atomic E-state index is 13.4. The number of halogens is 1. The fraction of sp³-hybridized carbons (Fsp3) is 0.348. The van der Waals surface area contributed by atoms with Crippen LogP contribution in [0.3, 0.4) is 0 Å². The zero-order chi connectivity index (χ0) is 21.1. The average Bonchev–Trinajstić information content (AvgIpc) is 2.99. The minimum absolute atomic E-state index is 0.0241. The van der Waals surface area contributed by atoms with Crippen molar-refractivity contribution in [1.82, 2.24) is 19.7 Å². The summed E-state index contributed by atoms with van der Waals surface area (Å²) in [5.41, 5.74) is 1.75. The normalized spacial score (nSPS) is 16.9. The molecule has 6 nitrogen and oxygen atoms in total. The second kappa shape index (κ2) is 8.65. The highest BCUT2D eigenvalue weighted by Gasteiger charge is 2.30. The van der Waals surface area contributed by atoms with Gasteiger partial charge in [0.2, 0.25) is 5.82 Å². The third-order valence-electron chi connectivity index (χ3n) is 5.55. The summed E-state index contributed by atoms with van der Waals surface area (Å²) in [6, 6.07) is 13.8. The van der Waals surface area contributed by atoms with Crippen molar-refractivity contribution in [3.8, 4) is 11.4 Å². The fourth-order valence-corrected chi connectivity index (χ4v) is 3.96. The molecule has 30 heavy (non-hydrogen) atoms. The Kier molecular flexibility index (Phi) is 5.79. The number of hydrogen-bond acceptors (Lipinski definition) is 4. The first kappa shape index (κ1) is 20.1. The van der Waals surface area contributed by atoms with Crippen LogP contribution in [0.5, 0.6) is 5.75 Å². The highest BCUT2D eigenvalue weighted by molar-refractivity contribution is 5.90. The summed E-state index contributed by atoms with van der Waals surface area (Å²) in [6.07, 6.45) is 4.01. The first-order valence-corrected chi connectivity index (χ1v) is 10.2. The molecule has 0 N–H and O–H groups in total. The van der Waals surface area contributed by atoms with Gasteiger partial charge in [0, 0.05) is 6.54 Å². The summed E-state index contributed by atoms with van der Waals surface area (Å²) < 4.78 is 20.1. The third kappa shape index (κ3) is 4.06. The van der Waals surface area contributed by atoms with Gasteiger partial charge in [0.15, 0.2) is 0 Å². The van der Waals surface area contributed by atoms with Crippen molar-refractivity contribution < 1.29 is 13.9 Å². The number of carbonyl (C=O) groups excluding carboxylic acids is 1. The first-order valence-electron chi connectivity index (χ1n) is 10.2. The molecule has 1 atom stereocenters. The van der Waals surface area contributed by atoms with Crippen LogP contribution in [0.2, 0.25) is 0 Å². The molecule has 1 aromatic heterocycles. The van der Waals surface area contributed by atoms with Crippen LogP contribution < -0.4 is 4.74 Å². The van der Waals surface area contributed by atoms with Gasteiger partial charge in [-0.3, -0.25) is 4.79 Å². The predicted molar refractivity (Wildman–Crippen MR) is 111 cm³/mol. The monoisotopic (exact) mass is 408 g/mol. The van der Waals surface area contributed by atoms with Gasteiger partial charge in [-0.1, -0.05) is 25.0 Å². The van der Waals surface area contributed by atoms with E-state index in [1.807, 2.05) is 29.2 Å². The Morgan fingerprint density at radius 3 is 2.50 bits per heavy atom. The number of carbonyl (C=O) groups is 1. The molecule has 1 saturated heterocycles. The number of methoxy groups -OCH3 is 1. The summed E-state index contributed by atoms with van der Waals surface area (Å²) in [4.78, 5) is 19.7. The molecule has 3 aromatic rings. The number of nitrogens with zero attached hydrogens (tertiary/aromatic N) is 4. The van der Waals surface area contributed by atoms with Crippen molar-refractivity contribution in [3.05, 3.63) is 71.6 Å². The highest BCUT2D eigenvalue weighted by Crippen LogP contribution is 2.32. The molecule has 2 aromatic carbocycles. The molecule has 0 spiro atoms. The van der Waals surface area contributed by atoms with Crippen molar-refractivity contribution in [2.75, 3.05) is 13.7 Å². The second-order valence-corrected chi connectivity index (χ2v) is 7.51. The minimum Gasteiger partial charge on any atom is -0.497 e. The molecule has 1 aliphatic rings. The predicted octanol–water partition coefficient (Wildman–Crippen LogP) is 4.48. The molecule has 0 radical (unpaired) electrons. The summed E-state index contributed by atoms with van der Waals surface area (Å²) in [5.74, 6) is 1.04. The maximum Gasteiger partial charge on any atom is 0.294 e. The number of benzene rings is 2. The Labute approximate surface area is 175 Å². The Bertz CT molecular complexity index is 1010. The standard InChI is InChI=1S/C23H25FN4O2/c1-16-25-22(26-28(16)19-11-9-18(24)10-12-19)23(29)27-15-5-3-4-6-21(27)17-7-13-20(30-2)14-8-17/h7-14,21H,3-6,15H2,1-2H3. The van der Waals surface area contributed by atoms with Gasteiger partial charge in [-0.25, -0.2) is 14.1 Å². The van der Waals surface area contributed by atoms with Gasteiger partial charge in [-0.05, 0) is 61.7 Å². The molecule has 1 fully saturated rings. The topological polar surface area (TPSA) is 60.2 Å². The van der Waals surface area contributed by atoms with Crippen molar-refractivity contribution in [1.29, 1.82) is 0 Å². The molecule has 4 rings (SSSR count). The van der Waals surface area contributed by atoms with Crippen molar-refractivity contribution in [3.63, 3.8) is 0 Å². The van der Waals surface area contributed by atoms with Crippen LogP contribution in [0.4, 0.5) is 4.39 Å². The zero-order valence-electron chi connectivity index (χ0n) is 17.2. The van der Waals surface area contributed by atoms with Crippen LogP contribution in [-0.2, 0) is 0 Å². The average molecular weight is 408 g/mol. The molecular formula is C23H25FN4O2. The van der Waals surface area contributed by atoms with Gasteiger partial charge in [-0.2, -0.15) is 0 Å². The molecule has 156 valence electrons. The van der Waals surface area contributed by atoms with Gasteiger partial charge in [0.25, 0.3) is 5.91 Å². The van der Waals surface area contributed by atoms with E-state index in [2.05, 4.69) is 10.1 Å². The molecule has 7 heteroatoms. The van der Waals surface area contributed by atoms with Gasteiger partial charge in [0.1, 0.15) is 17.4 Å². The quantitative estimate of drug-likeness (QED) is 0.639. The van der Waals surface area contributed by atoms with Crippen LogP contribution in [0, 0.1) is 12.7 Å². The lowest BCUT2D eigenvalue weighted by Gasteiger charge is -2.29. The van der Waals surface area contributed by atoms with Crippen molar-refractivity contribution in [2.24, 2.45) is 0 Å². The van der Waals surface area contributed by atoms with Gasteiger partial charge in [-0.15, -0.1) is 5.10 Å². The second-order valence-electron chi connectivity index (χ2n) is 7.51. The van der Waals surface area contributed by atoms with Crippen molar-refractivity contribution in [2.45, 2.75) is 38.6 Å². The van der Waals surface area contributed by atoms with Crippen LogP contribution in [0.25, 0.3) is 5.69 Å². The lowest BCUT2D eigenvalue weighted by Crippen LogP contribution is -2.35. The maximum atomic E-state index is 13.4. The Morgan fingerprint density at radius 1 is 1.07 bits per heavy atom. The Morgan fingerprint density at radius 2 is 1.80 bits per heavy atom. The lowest BCUT2D eigenvalue weighted by molar-refractivity contribution is 0.0668. The van der Waals surface area contributed by atoms with Gasteiger partial charge >= 0.3 is 0 Å². The van der Waals surface area contributed by atoms with E-state index in [1.165, 1.54) is 12.1 Å². The van der Waals surface area contributed by atoms with E-state index >= 15 is 0 Å². The molecule has 1 amide bonds. The molecular weight excluding hydrogens is 383 g/mol. The number of ether oxygens (including phenoxy) is 1. The summed E-state index contributed by atoms with van der Waals surface area (Å²) in [5, 5.41) is 4.44. The van der Waals surface area contributed by atoms with E-state index in [-0.39, 0.29) is 23.6 Å². The van der Waals surface area contributed by atoms with Crippen molar-refractivity contribution >= 4 is 5.91 Å². The van der Waals surface area contributed by atoms with Gasteiger partial charge in [0.05, 0.1) is 18.8 Å². The molecule has 0 saturated carbocycles. The Hall–Kier alpha value is -3.22. The summed E-state index contributed by atoms with van der Waals surface area (Å²) in [6.45, 7) is 2.45. The number of likely N-dealkylation sites (tertiary alicyclic amines) is 1. The molecule has 1 aliphatic heterocycles. The lowest BCUT2D eigenvalue weighted by atomic mass is 10.0. The van der Waals surface area contributed by atoms with E-state index in [9.17, 15) is 9.18 Å². The van der Waals surface area contributed by atoms with E-state index in [1.54, 1.807) is 30.8 Å². The van der Waals surface area contributed by atoms with Gasteiger partial charge < -0.3 is 9.64 Å². The highest BCUT2D eigenvalue weighted by atomic mass is 19.1. The SMILES string of the molecule is COc1ccc(C2CCCCCN2C(=O)c2nc(C)n(-c3ccc(F)cc3)n2)cc1. The largest absolute Gasteiger partial charge is 0.497 e. The first-order chi connectivity index (χ1) is 14.6. The minimum atomic E-state index is -0.320. The number of aryl methyl sites for hydroxylation is 1. The molecule has 0 bridgehead atoms. The molecule has 1 unspecified atom stereocenters. The van der Waals surface area contributed by atoms with Crippen LogP contribution in [-0.4, -0.2) is 39.2 Å². The van der Waals surface area contributed by atoms with Crippen LogP contribution in [0.1, 0.15) is 53.7 Å². The van der Waals surface area contributed by atoms with E-state index in [4.69, 9.17) is 4.74 Å². The van der Waals surface area contributed by atoms with E-state index in [0.29, 0.717) is 18.1 Å². The number of rotatable bonds is 4. The molecule has 0 aliphatic carbocycles. The third-order valence-corrected chi connectivity index (χ3v) is 5.55. The Balaban J connectivity index is 1.64. The number of amides is 1. The summed E-state index contributed by atoms with van der Waals surface area (Å²) in [7, 11) is 1.64. The fourth-order valence-electron chi connectivity index (χ4n) is 3.96. The van der Waals surface area contributed by atoms with E-state index in [0.717, 1.165) is 37.0 Å². The summed E-state index contributed by atoms with van der Waals surface area (Å²) >= 11 is 0. The van der Waals surface area contributed by atoms with E-state index < -0.39 is 0 Å². The zero-order valence-corrected chi connectivity index (χ0v) is 17.2. The van der Waals surface area contributed by atoms with Crippen LogP contribution >= 0.6 is 0 Å². The smallest absolute Gasteiger partial charge is 0.294 e. The molecule has 2 heterocycles. The van der Waals surface area contributed by atoms with Crippen LogP contribution in [0.15, 0.2) is 48.5 Å². The number of hydrogen-bond donors (Lipinski definition) is 0. The number of aromatic nitrogens is 3.